The molecule has 0 spiro atoms. The molecule has 1 rings (SSSR count). The van der Waals surface area contributed by atoms with Crippen LogP contribution in [0.1, 0.15) is 27.2 Å². The van der Waals surface area contributed by atoms with Crippen molar-refractivity contribution >= 4 is 0 Å². The quantitative estimate of drug-likeness (QED) is 0.554. The van der Waals surface area contributed by atoms with Crippen molar-refractivity contribution in [3.05, 3.63) is 12.2 Å². The van der Waals surface area contributed by atoms with Crippen LogP contribution in [0.15, 0.2) is 12.2 Å². The molecule has 1 aliphatic heterocycles. The molecule has 0 aliphatic carbocycles. The highest BCUT2D eigenvalue weighted by atomic mass is 15.0. The van der Waals surface area contributed by atoms with Gasteiger partial charge in [-0.05, 0) is 11.8 Å². The molecule has 0 aromatic carbocycles. The van der Waals surface area contributed by atoms with Crippen LogP contribution in [0.3, 0.4) is 0 Å². The fourth-order valence-electron chi connectivity index (χ4n) is 1.32. The third-order valence-electron chi connectivity index (χ3n) is 2.17. The van der Waals surface area contributed by atoms with Crippen molar-refractivity contribution in [1.82, 2.24) is 5.32 Å². The predicted molar refractivity (Wildman–Crippen MR) is 49.5 cm³/mol. The number of nitrogens with one attached hydrogen (secondary N) is 1. The van der Waals surface area contributed by atoms with Gasteiger partial charge in [0.15, 0.2) is 0 Å². The van der Waals surface area contributed by atoms with E-state index in [0.29, 0.717) is 6.04 Å². The first-order chi connectivity index (χ1) is 5.54. The highest BCUT2D eigenvalue weighted by molar-refractivity contribution is 5.10. The molecule has 0 fully saturated rings. The van der Waals surface area contributed by atoms with Crippen LogP contribution >= 0.6 is 0 Å². The SMILES string of the molecule is CC(C)(C)[C@@H]1C=CC[C@@H](C#N)N1. The minimum Gasteiger partial charge on any atom is -0.295 e. The molecule has 0 aromatic rings. The summed E-state index contributed by atoms with van der Waals surface area (Å²) in [7, 11) is 0. The van der Waals surface area contributed by atoms with Crippen LogP contribution in [0.5, 0.6) is 0 Å². The third-order valence-corrected chi connectivity index (χ3v) is 2.17. The minimum atomic E-state index is -0.000718. The number of nitriles is 1. The fraction of sp³-hybridized carbons (Fsp3) is 0.700. The molecule has 0 aromatic heterocycles. The van der Waals surface area contributed by atoms with Crippen molar-refractivity contribution in [2.24, 2.45) is 5.41 Å². The second-order valence-corrected chi connectivity index (χ2v) is 4.36. The number of hydrogen-bond acceptors (Lipinski definition) is 2. The summed E-state index contributed by atoms with van der Waals surface area (Å²) in [5.74, 6) is 0. The lowest BCUT2D eigenvalue weighted by Crippen LogP contribution is -2.45. The maximum absolute atomic E-state index is 8.73. The molecule has 1 heterocycles. The average Bonchev–Trinajstić information content (AvgIpc) is 2.03. The fourth-order valence-corrected chi connectivity index (χ4v) is 1.32. The van der Waals surface area contributed by atoms with Gasteiger partial charge in [0.1, 0.15) is 0 Å². The van der Waals surface area contributed by atoms with Gasteiger partial charge in [-0.3, -0.25) is 5.32 Å². The molecule has 0 radical (unpaired) electrons. The Balaban J connectivity index is 2.66. The Morgan fingerprint density at radius 2 is 2.17 bits per heavy atom. The summed E-state index contributed by atoms with van der Waals surface area (Å²) < 4.78 is 0. The lowest BCUT2D eigenvalue weighted by Gasteiger charge is -2.33. The van der Waals surface area contributed by atoms with Crippen molar-refractivity contribution < 1.29 is 0 Å². The highest BCUT2D eigenvalue weighted by Gasteiger charge is 2.26. The van der Waals surface area contributed by atoms with Crippen LogP contribution in [0.4, 0.5) is 0 Å². The molecule has 0 saturated carbocycles. The number of rotatable bonds is 0. The Labute approximate surface area is 74.3 Å². The van der Waals surface area contributed by atoms with E-state index >= 15 is 0 Å². The maximum atomic E-state index is 8.73. The molecule has 0 saturated heterocycles. The number of hydrogen-bond donors (Lipinski definition) is 1. The summed E-state index contributed by atoms with van der Waals surface area (Å²) in [6.45, 7) is 6.53. The van der Waals surface area contributed by atoms with E-state index < -0.39 is 0 Å². The Morgan fingerprint density at radius 3 is 2.67 bits per heavy atom. The second kappa shape index (κ2) is 3.28. The van der Waals surface area contributed by atoms with E-state index in [9.17, 15) is 0 Å². The molecule has 12 heavy (non-hydrogen) atoms. The summed E-state index contributed by atoms with van der Waals surface area (Å²) in [5, 5.41) is 12.0. The monoisotopic (exact) mass is 164 g/mol. The van der Waals surface area contributed by atoms with Crippen molar-refractivity contribution in [1.29, 1.82) is 5.26 Å². The lowest BCUT2D eigenvalue weighted by molar-refractivity contribution is 0.294. The minimum absolute atomic E-state index is 0.000718. The number of nitrogens with zero attached hydrogens (tertiary/aromatic N) is 1. The highest BCUT2D eigenvalue weighted by Crippen LogP contribution is 2.23. The van der Waals surface area contributed by atoms with Gasteiger partial charge in [0, 0.05) is 6.04 Å². The molecule has 2 atom stereocenters. The van der Waals surface area contributed by atoms with Crippen molar-refractivity contribution in [3.63, 3.8) is 0 Å². The van der Waals surface area contributed by atoms with Crippen molar-refractivity contribution in [2.75, 3.05) is 0 Å². The largest absolute Gasteiger partial charge is 0.295 e. The van der Waals surface area contributed by atoms with Crippen molar-refractivity contribution in [2.45, 2.75) is 39.3 Å². The zero-order valence-electron chi connectivity index (χ0n) is 7.96. The third kappa shape index (κ3) is 2.09. The molecule has 66 valence electrons. The maximum Gasteiger partial charge on any atom is 0.0992 e. The molecular formula is C10H16N2. The lowest BCUT2D eigenvalue weighted by atomic mass is 9.84. The van der Waals surface area contributed by atoms with Crippen LogP contribution in [0.25, 0.3) is 0 Å². The van der Waals surface area contributed by atoms with Crippen LogP contribution in [-0.2, 0) is 0 Å². The van der Waals surface area contributed by atoms with E-state index in [2.05, 4.69) is 44.3 Å². The van der Waals surface area contributed by atoms with E-state index in [4.69, 9.17) is 5.26 Å². The Bertz CT molecular complexity index is 217. The molecule has 2 nitrogen and oxygen atoms in total. The smallest absolute Gasteiger partial charge is 0.0992 e. The van der Waals surface area contributed by atoms with E-state index in [1.807, 2.05) is 0 Å². The summed E-state index contributed by atoms with van der Waals surface area (Å²) in [6, 6.07) is 2.57. The van der Waals surface area contributed by atoms with Crippen LogP contribution < -0.4 is 5.32 Å². The van der Waals surface area contributed by atoms with Gasteiger partial charge in [0.2, 0.25) is 0 Å². The van der Waals surface area contributed by atoms with Gasteiger partial charge < -0.3 is 0 Å². The van der Waals surface area contributed by atoms with Crippen LogP contribution in [-0.4, -0.2) is 12.1 Å². The zero-order valence-corrected chi connectivity index (χ0v) is 7.96. The Hall–Kier alpha value is -0.810. The molecule has 0 amide bonds. The summed E-state index contributed by atoms with van der Waals surface area (Å²) in [4.78, 5) is 0. The average molecular weight is 164 g/mol. The predicted octanol–water partition coefficient (Wildman–Crippen LogP) is 1.84. The summed E-state index contributed by atoms with van der Waals surface area (Å²) in [5.41, 5.74) is 0.200. The van der Waals surface area contributed by atoms with Gasteiger partial charge in [0.05, 0.1) is 12.1 Å². The van der Waals surface area contributed by atoms with Gasteiger partial charge in [-0.2, -0.15) is 5.26 Å². The van der Waals surface area contributed by atoms with E-state index in [1.54, 1.807) is 0 Å². The van der Waals surface area contributed by atoms with Gasteiger partial charge >= 0.3 is 0 Å². The van der Waals surface area contributed by atoms with Gasteiger partial charge in [-0.15, -0.1) is 0 Å². The second-order valence-electron chi connectivity index (χ2n) is 4.36. The zero-order chi connectivity index (χ0) is 9.19. The van der Waals surface area contributed by atoms with E-state index in [-0.39, 0.29) is 11.5 Å². The van der Waals surface area contributed by atoms with Gasteiger partial charge in [0.25, 0.3) is 0 Å². The van der Waals surface area contributed by atoms with Gasteiger partial charge in [-0.25, -0.2) is 0 Å². The molecular weight excluding hydrogens is 148 g/mol. The first-order valence-corrected chi connectivity index (χ1v) is 4.36. The topological polar surface area (TPSA) is 35.8 Å². The standard InChI is InChI=1S/C10H16N2/c1-10(2,3)9-6-4-5-8(7-11)12-9/h4,6,8-9,12H,5H2,1-3H3/t8-,9-/m0/s1. The molecule has 2 heteroatoms. The molecule has 1 aliphatic rings. The first kappa shape index (κ1) is 9.28. The van der Waals surface area contributed by atoms with Gasteiger partial charge in [-0.1, -0.05) is 32.9 Å². The van der Waals surface area contributed by atoms with Crippen molar-refractivity contribution in [3.8, 4) is 6.07 Å². The summed E-state index contributed by atoms with van der Waals surface area (Å²) >= 11 is 0. The normalized spacial score (nSPS) is 29.8. The molecule has 1 N–H and O–H groups in total. The Morgan fingerprint density at radius 1 is 1.50 bits per heavy atom. The Kier molecular flexibility index (Phi) is 2.54. The van der Waals surface area contributed by atoms with E-state index in [1.165, 1.54) is 0 Å². The first-order valence-electron chi connectivity index (χ1n) is 4.36. The molecule has 0 bridgehead atoms. The van der Waals surface area contributed by atoms with Crippen LogP contribution in [0, 0.1) is 16.7 Å². The summed E-state index contributed by atoms with van der Waals surface area (Å²) in [6.07, 6.45) is 5.09. The molecule has 0 unspecified atom stereocenters. The van der Waals surface area contributed by atoms with Crippen LogP contribution in [0.2, 0.25) is 0 Å². The van der Waals surface area contributed by atoms with E-state index in [0.717, 1.165) is 6.42 Å².